The van der Waals surface area contributed by atoms with E-state index < -0.39 is 21.7 Å². The van der Waals surface area contributed by atoms with Crippen LogP contribution in [-0.4, -0.2) is 44.7 Å². The summed E-state index contributed by atoms with van der Waals surface area (Å²) in [5.41, 5.74) is -0.311. The SMILES string of the molecule is CC(C)CP(=O)(O/C=C/C12C[C@@H]1[C@H](O[Si](c1ccccc1)(c1ccccc1)C(C)(C)C)[C@@H]1OC(C)(C)O[C@@H]12)OC(C)C. The maximum absolute atomic E-state index is 13.6. The molecule has 8 heteroatoms. The molecule has 2 aromatic rings. The molecule has 0 aromatic heterocycles. The normalized spacial score (nSPS) is 30.0. The minimum absolute atomic E-state index is 0.156. The third kappa shape index (κ3) is 5.86. The summed E-state index contributed by atoms with van der Waals surface area (Å²) in [6, 6.07) is 21.5. The van der Waals surface area contributed by atoms with Crippen LogP contribution in [0, 0.1) is 17.3 Å². The molecule has 2 aromatic carbocycles. The van der Waals surface area contributed by atoms with Gasteiger partial charge >= 0.3 is 7.60 Å². The van der Waals surface area contributed by atoms with Crippen molar-refractivity contribution < 1.29 is 27.5 Å². The lowest BCUT2D eigenvalue weighted by atomic mass is 9.99. The summed E-state index contributed by atoms with van der Waals surface area (Å²) in [6.45, 7) is 18.7. The second-order valence-electron chi connectivity index (χ2n) is 14.4. The quantitative estimate of drug-likeness (QED) is 0.151. The predicted octanol–water partition coefficient (Wildman–Crippen LogP) is 7.28. The Morgan fingerprint density at radius 3 is 2.05 bits per heavy atom. The number of rotatable bonds is 11. The minimum Gasteiger partial charge on any atom is -0.433 e. The third-order valence-corrected chi connectivity index (χ3v) is 16.2. The molecule has 3 fully saturated rings. The van der Waals surface area contributed by atoms with Gasteiger partial charge in [-0.25, -0.2) is 4.57 Å². The molecule has 2 saturated carbocycles. The Labute approximate surface area is 253 Å². The van der Waals surface area contributed by atoms with Crippen LogP contribution in [0.5, 0.6) is 0 Å². The highest BCUT2D eigenvalue weighted by atomic mass is 31.2. The number of ether oxygens (including phenoxy) is 2. The van der Waals surface area contributed by atoms with Gasteiger partial charge in [0.05, 0.1) is 30.7 Å². The van der Waals surface area contributed by atoms with E-state index >= 15 is 0 Å². The molecule has 1 saturated heterocycles. The number of benzene rings is 2. The summed E-state index contributed by atoms with van der Waals surface area (Å²) in [7, 11) is -6.11. The number of fused-ring (bicyclic) bond motifs is 3. The van der Waals surface area contributed by atoms with Crippen molar-refractivity contribution >= 4 is 26.3 Å². The Hall–Kier alpha value is -1.73. The summed E-state index contributed by atoms with van der Waals surface area (Å²) < 4.78 is 46.2. The first-order chi connectivity index (χ1) is 19.6. The minimum atomic E-state index is -3.29. The van der Waals surface area contributed by atoms with Gasteiger partial charge < -0.3 is 18.4 Å². The Bertz CT molecular complexity index is 1250. The van der Waals surface area contributed by atoms with Crippen LogP contribution in [0.25, 0.3) is 0 Å². The summed E-state index contributed by atoms with van der Waals surface area (Å²) in [4.78, 5) is 0. The summed E-state index contributed by atoms with van der Waals surface area (Å²) in [6.07, 6.45) is 4.17. The van der Waals surface area contributed by atoms with Gasteiger partial charge in [-0.1, -0.05) is 95.3 Å². The molecular weight excluding hydrogens is 563 g/mol. The zero-order chi connectivity index (χ0) is 30.6. The highest BCUT2D eigenvalue weighted by Gasteiger charge is 2.76. The van der Waals surface area contributed by atoms with E-state index in [4.69, 9.17) is 22.9 Å². The Morgan fingerprint density at radius 1 is 0.976 bits per heavy atom. The molecule has 0 bridgehead atoms. The highest BCUT2D eigenvalue weighted by Crippen LogP contribution is 2.70. The smallest absolute Gasteiger partial charge is 0.379 e. The molecule has 2 unspecified atom stereocenters. The highest BCUT2D eigenvalue weighted by molar-refractivity contribution is 7.53. The van der Waals surface area contributed by atoms with Crippen molar-refractivity contribution in [2.45, 2.75) is 104 Å². The first kappa shape index (κ1) is 31.7. The van der Waals surface area contributed by atoms with Gasteiger partial charge in [0.1, 0.15) is 6.10 Å². The van der Waals surface area contributed by atoms with Crippen LogP contribution in [0.1, 0.15) is 68.7 Å². The van der Waals surface area contributed by atoms with Crippen LogP contribution >= 0.6 is 7.60 Å². The van der Waals surface area contributed by atoms with Crippen molar-refractivity contribution in [1.29, 1.82) is 0 Å². The molecule has 6 atom stereocenters. The van der Waals surface area contributed by atoms with Gasteiger partial charge in [-0.2, -0.15) is 0 Å². The fourth-order valence-electron chi connectivity index (χ4n) is 7.21. The van der Waals surface area contributed by atoms with Gasteiger partial charge in [0.15, 0.2) is 5.79 Å². The van der Waals surface area contributed by atoms with Gasteiger partial charge in [-0.05, 0) is 67.4 Å². The van der Waals surface area contributed by atoms with E-state index in [1.54, 1.807) is 6.26 Å². The second kappa shape index (κ2) is 11.3. The van der Waals surface area contributed by atoms with Crippen molar-refractivity contribution in [3.05, 3.63) is 73.0 Å². The standard InChI is InChI=1S/C34H49O6PSi/c1-24(2)23-41(35,39-25(3)4)36-21-20-34-22-28(34)29(30-31(34)38-33(8,9)37-30)40-42(32(5,6)7,26-16-12-10-13-17-26)27-18-14-11-15-19-27/h10-21,24-25,28-31H,22-23H2,1-9H3/b21-20+/t28-,29+,30+,31+,34?,41?/m1/s1. The summed E-state index contributed by atoms with van der Waals surface area (Å²) >= 11 is 0. The van der Waals surface area contributed by atoms with Gasteiger partial charge in [0.2, 0.25) is 0 Å². The Balaban J connectivity index is 1.52. The van der Waals surface area contributed by atoms with Gasteiger partial charge in [-0.3, -0.25) is 4.52 Å². The molecule has 5 rings (SSSR count). The lowest BCUT2D eigenvalue weighted by Gasteiger charge is -2.45. The molecule has 6 nitrogen and oxygen atoms in total. The molecule has 0 radical (unpaired) electrons. The molecule has 0 amide bonds. The second-order valence-corrected chi connectivity index (χ2v) is 20.7. The zero-order valence-corrected chi connectivity index (χ0v) is 28.6. The lowest BCUT2D eigenvalue weighted by Crippen LogP contribution is -2.68. The van der Waals surface area contributed by atoms with Gasteiger partial charge in [0, 0.05) is 5.41 Å². The van der Waals surface area contributed by atoms with E-state index in [1.807, 2.05) is 41.5 Å². The fourth-order valence-corrected chi connectivity index (χ4v) is 13.9. The molecule has 1 heterocycles. The van der Waals surface area contributed by atoms with Crippen LogP contribution in [0.4, 0.5) is 0 Å². The molecule has 42 heavy (non-hydrogen) atoms. The molecule has 3 aliphatic rings. The van der Waals surface area contributed by atoms with E-state index in [0.717, 1.165) is 6.42 Å². The van der Waals surface area contributed by atoms with Crippen molar-refractivity contribution in [3.63, 3.8) is 0 Å². The first-order valence-electron chi connectivity index (χ1n) is 15.4. The van der Waals surface area contributed by atoms with E-state index in [1.165, 1.54) is 10.4 Å². The molecule has 2 aliphatic carbocycles. The summed E-state index contributed by atoms with van der Waals surface area (Å²) in [5.74, 6) is -0.353. The fraction of sp³-hybridized carbons (Fsp3) is 0.588. The van der Waals surface area contributed by atoms with Crippen LogP contribution < -0.4 is 10.4 Å². The van der Waals surface area contributed by atoms with Crippen molar-refractivity contribution in [2.75, 3.05) is 6.16 Å². The Kier molecular flexibility index (Phi) is 8.54. The molecular formula is C34H49O6PSi. The van der Waals surface area contributed by atoms with Crippen molar-refractivity contribution in [3.8, 4) is 0 Å². The zero-order valence-electron chi connectivity index (χ0n) is 26.7. The Morgan fingerprint density at radius 2 is 1.55 bits per heavy atom. The van der Waals surface area contributed by atoms with E-state index in [-0.39, 0.29) is 46.7 Å². The molecule has 0 spiro atoms. The van der Waals surface area contributed by atoms with Crippen LogP contribution in [0.15, 0.2) is 73.0 Å². The molecule has 1 aliphatic heterocycles. The van der Waals surface area contributed by atoms with E-state index in [2.05, 4.69) is 87.5 Å². The maximum Gasteiger partial charge on any atom is 0.379 e. The largest absolute Gasteiger partial charge is 0.433 e. The van der Waals surface area contributed by atoms with Gasteiger partial charge in [0.25, 0.3) is 8.32 Å². The van der Waals surface area contributed by atoms with E-state index in [0.29, 0.717) is 6.16 Å². The maximum atomic E-state index is 13.6. The third-order valence-electron chi connectivity index (χ3n) is 8.77. The van der Waals surface area contributed by atoms with Crippen LogP contribution in [0.3, 0.4) is 0 Å². The van der Waals surface area contributed by atoms with E-state index in [9.17, 15) is 4.57 Å². The van der Waals surface area contributed by atoms with Crippen molar-refractivity contribution in [1.82, 2.24) is 0 Å². The predicted molar refractivity (Wildman–Crippen MR) is 171 cm³/mol. The average Bonchev–Trinajstić information content (AvgIpc) is 3.43. The monoisotopic (exact) mass is 612 g/mol. The molecule has 230 valence electrons. The topological polar surface area (TPSA) is 63.2 Å². The number of hydrogen-bond donors (Lipinski definition) is 0. The van der Waals surface area contributed by atoms with Gasteiger partial charge in [-0.15, -0.1) is 0 Å². The lowest BCUT2D eigenvalue weighted by molar-refractivity contribution is -0.164. The van der Waals surface area contributed by atoms with Crippen LogP contribution in [0.2, 0.25) is 5.04 Å². The first-order valence-corrected chi connectivity index (χ1v) is 19.0. The van der Waals surface area contributed by atoms with Crippen molar-refractivity contribution in [2.24, 2.45) is 17.3 Å². The number of hydrogen-bond acceptors (Lipinski definition) is 6. The van der Waals surface area contributed by atoms with Crippen LogP contribution in [-0.2, 0) is 27.5 Å². The molecule has 0 N–H and O–H groups in total. The summed E-state index contributed by atoms with van der Waals surface area (Å²) in [5, 5.41) is 2.34. The average molecular weight is 613 g/mol.